The largest absolute Gasteiger partial charge is 0.326 e. The third kappa shape index (κ3) is 3.07. The monoisotopic (exact) mass is 205 g/mol. The summed E-state index contributed by atoms with van der Waals surface area (Å²) in [5.41, 5.74) is 11.4. The van der Waals surface area contributed by atoms with Crippen LogP contribution in [0.1, 0.15) is 43.0 Å². The summed E-state index contributed by atoms with van der Waals surface area (Å²) >= 11 is 0. The summed E-state index contributed by atoms with van der Waals surface area (Å²) in [5, 5.41) is 0. The maximum atomic E-state index is 5.82. The molecule has 0 bridgehead atoms. The summed E-state index contributed by atoms with van der Waals surface area (Å²) in [4.78, 5) is 0. The molecule has 84 valence electrons. The summed E-state index contributed by atoms with van der Waals surface area (Å²) in [5.74, 6) is 0.696. The Bertz CT molecular complexity index is 326. The molecule has 0 spiro atoms. The first-order chi connectivity index (χ1) is 7.08. The third-order valence-electron chi connectivity index (χ3n) is 2.87. The van der Waals surface area contributed by atoms with Crippen LogP contribution in [-0.4, -0.2) is 0 Å². The molecular weight excluding hydrogens is 182 g/mol. The molecule has 1 nitrogen and oxygen atoms in total. The van der Waals surface area contributed by atoms with Crippen molar-refractivity contribution in [1.29, 1.82) is 0 Å². The molecule has 1 aromatic carbocycles. The van der Waals surface area contributed by atoms with E-state index in [-0.39, 0.29) is 0 Å². The number of rotatable bonds is 4. The predicted octanol–water partition coefficient (Wildman–Crippen LogP) is 3.21. The van der Waals surface area contributed by atoms with Crippen LogP contribution in [0.4, 0.5) is 0 Å². The van der Waals surface area contributed by atoms with E-state index in [9.17, 15) is 0 Å². The van der Waals surface area contributed by atoms with Crippen molar-refractivity contribution in [2.24, 2.45) is 11.7 Å². The third-order valence-corrected chi connectivity index (χ3v) is 2.87. The lowest BCUT2D eigenvalue weighted by atomic mass is 9.92. The fourth-order valence-electron chi connectivity index (χ4n) is 2.09. The summed E-state index contributed by atoms with van der Waals surface area (Å²) in [6.07, 6.45) is 2.25. The van der Waals surface area contributed by atoms with E-state index in [1.165, 1.54) is 22.3 Å². The van der Waals surface area contributed by atoms with Crippen molar-refractivity contribution in [3.05, 3.63) is 34.4 Å². The Morgan fingerprint density at radius 3 is 2.40 bits per heavy atom. The molecule has 0 atom stereocenters. The van der Waals surface area contributed by atoms with Gasteiger partial charge in [-0.3, -0.25) is 0 Å². The van der Waals surface area contributed by atoms with Crippen LogP contribution in [0.25, 0.3) is 0 Å². The first-order valence-electron chi connectivity index (χ1n) is 5.89. The van der Waals surface area contributed by atoms with E-state index in [2.05, 4.69) is 39.8 Å². The first kappa shape index (κ1) is 12.3. The number of nitrogens with two attached hydrogens (primary N) is 1. The van der Waals surface area contributed by atoms with Crippen LogP contribution in [0.5, 0.6) is 0 Å². The predicted molar refractivity (Wildman–Crippen MR) is 67.0 cm³/mol. The maximum Gasteiger partial charge on any atom is 0.0183 e. The molecule has 0 saturated carbocycles. The van der Waals surface area contributed by atoms with Crippen LogP contribution in [0.3, 0.4) is 0 Å². The molecule has 0 radical (unpaired) electrons. The Morgan fingerprint density at radius 2 is 1.93 bits per heavy atom. The van der Waals surface area contributed by atoms with Crippen molar-refractivity contribution in [3.8, 4) is 0 Å². The first-order valence-corrected chi connectivity index (χ1v) is 5.89. The van der Waals surface area contributed by atoms with Gasteiger partial charge >= 0.3 is 0 Å². The van der Waals surface area contributed by atoms with Gasteiger partial charge in [0, 0.05) is 6.54 Å². The highest BCUT2D eigenvalue weighted by Crippen LogP contribution is 2.20. The van der Waals surface area contributed by atoms with E-state index in [0.29, 0.717) is 12.5 Å². The lowest BCUT2D eigenvalue weighted by Gasteiger charge is -2.15. The second kappa shape index (κ2) is 5.32. The molecule has 0 saturated heterocycles. The lowest BCUT2D eigenvalue weighted by molar-refractivity contribution is 0.641. The van der Waals surface area contributed by atoms with Gasteiger partial charge in [0.2, 0.25) is 0 Å². The van der Waals surface area contributed by atoms with Gasteiger partial charge < -0.3 is 5.73 Å². The highest BCUT2D eigenvalue weighted by molar-refractivity contribution is 5.39. The van der Waals surface area contributed by atoms with Gasteiger partial charge in [0.05, 0.1) is 0 Å². The molecule has 1 heteroatoms. The molecule has 2 N–H and O–H groups in total. The van der Waals surface area contributed by atoms with Crippen molar-refractivity contribution >= 4 is 0 Å². The smallest absolute Gasteiger partial charge is 0.0183 e. The minimum absolute atomic E-state index is 0.665. The summed E-state index contributed by atoms with van der Waals surface area (Å²) in [6.45, 7) is 9.56. The molecule has 0 aromatic heterocycles. The fourth-order valence-corrected chi connectivity index (χ4v) is 2.09. The second-order valence-electron chi connectivity index (χ2n) is 4.71. The van der Waals surface area contributed by atoms with Gasteiger partial charge in [-0.2, -0.15) is 0 Å². The zero-order chi connectivity index (χ0) is 11.4. The molecule has 15 heavy (non-hydrogen) atoms. The average Bonchev–Trinajstić information content (AvgIpc) is 2.16. The van der Waals surface area contributed by atoms with Crippen molar-refractivity contribution in [2.75, 3.05) is 0 Å². The Kier molecular flexibility index (Phi) is 4.34. The van der Waals surface area contributed by atoms with E-state index in [0.717, 1.165) is 12.8 Å². The molecule has 0 aliphatic heterocycles. The average molecular weight is 205 g/mol. The molecule has 0 fully saturated rings. The second-order valence-corrected chi connectivity index (χ2v) is 4.71. The van der Waals surface area contributed by atoms with Gasteiger partial charge in [-0.05, 0) is 47.9 Å². The standard InChI is InChI=1S/C14H23N/c1-5-12-7-11(4)14(9-15)13(8-12)6-10(2)3/h7-8,10H,5-6,9,15H2,1-4H3. The van der Waals surface area contributed by atoms with Gasteiger partial charge in [-0.25, -0.2) is 0 Å². The van der Waals surface area contributed by atoms with E-state index < -0.39 is 0 Å². The Balaban J connectivity index is 3.13. The topological polar surface area (TPSA) is 26.0 Å². The van der Waals surface area contributed by atoms with Gasteiger partial charge in [0.15, 0.2) is 0 Å². The maximum absolute atomic E-state index is 5.82. The van der Waals surface area contributed by atoms with Gasteiger partial charge in [-0.1, -0.05) is 32.9 Å². The molecule has 0 heterocycles. The van der Waals surface area contributed by atoms with E-state index in [4.69, 9.17) is 5.73 Å². The van der Waals surface area contributed by atoms with Crippen molar-refractivity contribution in [3.63, 3.8) is 0 Å². The van der Waals surface area contributed by atoms with Crippen LogP contribution in [-0.2, 0) is 19.4 Å². The highest BCUT2D eigenvalue weighted by Gasteiger charge is 2.07. The summed E-state index contributed by atoms with van der Waals surface area (Å²) in [7, 11) is 0. The molecule has 0 unspecified atom stereocenters. The lowest BCUT2D eigenvalue weighted by Crippen LogP contribution is -2.07. The molecule has 0 aliphatic rings. The van der Waals surface area contributed by atoms with Gasteiger partial charge in [0.1, 0.15) is 0 Å². The number of hydrogen-bond donors (Lipinski definition) is 1. The van der Waals surface area contributed by atoms with E-state index in [1.807, 2.05) is 0 Å². The Hall–Kier alpha value is -0.820. The summed E-state index contributed by atoms with van der Waals surface area (Å²) < 4.78 is 0. The SMILES string of the molecule is CCc1cc(C)c(CN)c(CC(C)C)c1. The van der Waals surface area contributed by atoms with Gasteiger partial charge in [0.25, 0.3) is 0 Å². The Morgan fingerprint density at radius 1 is 1.27 bits per heavy atom. The molecule has 0 amide bonds. The van der Waals surface area contributed by atoms with E-state index in [1.54, 1.807) is 0 Å². The Labute approximate surface area is 93.7 Å². The van der Waals surface area contributed by atoms with Gasteiger partial charge in [-0.15, -0.1) is 0 Å². The van der Waals surface area contributed by atoms with Crippen LogP contribution in [0.2, 0.25) is 0 Å². The van der Waals surface area contributed by atoms with Crippen LogP contribution in [0.15, 0.2) is 12.1 Å². The van der Waals surface area contributed by atoms with Crippen molar-refractivity contribution in [2.45, 2.75) is 47.1 Å². The quantitative estimate of drug-likeness (QED) is 0.802. The molecule has 0 aliphatic carbocycles. The van der Waals surface area contributed by atoms with Crippen LogP contribution < -0.4 is 5.73 Å². The summed E-state index contributed by atoms with van der Waals surface area (Å²) in [6, 6.07) is 4.60. The highest BCUT2D eigenvalue weighted by atomic mass is 14.5. The molecule has 1 rings (SSSR count). The normalized spacial score (nSPS) is 11.1. The minimum atomic E-state index is 0.665. The van der Waals surface area contributed by atoms with Crippen molar-refractivity contribution in [1.82, 2.24) is 0 Å². The van der Waals surface area contributed by atoms with Crippen LogP contribution in [0, 0.1) is 12.8 Å². The van der Waals surface area contributed by atoms with E-state index >= 15 is 0 Å². The molecular formula is C14H23N. The van der Waals surface area contributed by atoms with Crippen molar-refractivity contribution < 1.29 is 0 Å². The number of aryl methyl sites for hydroxylation is 2. The number of benzene rings is 1. The van der Waals surface area contributed by atoms with Crippen LogP contribution >= 0.6 is 0 Å². The minimum Gasteiger partial charge on any atom is -0.326 e. The zero-order valence-electron chi connectivity index (χ0n) is 10.4. The fraction of sp³-hybridized carbons (Fsp3) is 0.571. The number of hydrogen-bond acceptors (Lipinski definition) is 1. The zero-order valence-corrected chi connectivity index (χ0v) is 10.4. The molecule has 1 aromatic rings.